The summed E-state index contributed by atoms with van der Waals surface area (Å²) in [6, 6.07) is 6.15. The number of nitro groups is 1. The van der Waals surface area contributed by atoms with Crippen LogP contribution in [0, 0.1) is 10.1 Å². The number of ether oxygens (including phenoxy) is 1. The normalized spacial score (nSPS) is 17.7. The van der Waals surface area contributed by atoms with Gasteiger partial charge < -0.3 is 15.4 Å². The third-order valence-electron chi connectivity index (χ3n) is 3.11. The Morgan fingerprint density at radius 1 is 1.45 bits per heavy atom. The molecule has 0 aromatic heterocycles. The number of nitrogens with one attached hydrogen (secondary N) is 2. The van der Waals surface area contributed by atoms with Crippen molar-refractivity contribution < 1.29 is 9.66 Å². The standard InChI is InChI=1S/C13H17N3O3S/c17-16(18)11-5-3-10(4-6-11)15-13(20)14-8-7-12-2-1-9-19-12/h3-6,12H,1-2,7-9H2,(H2,14,15,20). The first-order valence-corrected chi connectivity index (χ1v) is 6.97. The molecule has 6 nitrogen and oxygen atoms in total. The van der Waals surface area contributed by atoms with Gasteiger partial charge in [-0.05, 0) is 43.6 Å². The van der Waals surface area contributed by atoms with E-state index in [1.54, 1.807) is 12.1 Å². The monoisotopic (exact) mass is 295 g/mol. The summed E-state index contributed by atoms with van der Waals surface area (Å²) in [5.74, 6) is 0. The number of thiocarbonyl (C=S) groups is 1. The van der Waals surface area contributed by atoms with E-state index in [1.165, 1.54) is 12.1 Å². The summed E-state index contributed by atoms with van der Waals surface area (Å²) in [6.45, 7) is 1.61. The Morgan fingerprint density at radius 3 is 2.80 bits per heavy atom. The second-order valence-corrected chi connectivity index (χ2v) is 5.02. The van der Waals surface area contributed by atoms with Crippen LogP contribution in [0.25, 0.3) is 0 Å². The van der Waals surface area contributed by atoms with E-state index in [9.17, 15) is 10.1 Å². The first-order valence-electron chi connectivity index (χ1n) is 6.56. The first-order chi connectivity index (χ1) is 9.65. The van der Waals surface area contributed by atoms with E-state index in [-0.39, 0.29) is 5.69 Å². The predicted molar refractivity (Wildman–Crippen MR) is 80.9 cm³/mol. The Kier molecular flexibility index (Phi) is 5.25. The molecule has 1 unspecified atom stereocenters. The molecule has 1 atom stereocenters. The van der Waals surface area contributed by atoms with Crippen LogP contribution in [-0.2, 0) is 4.74 Å². The van der Waals surface area contributed by atoms with Crippen molar-refractivity contribution >= 4 is 28.7 Å². The van der Waals surface area contributed by atoms with Crippen molar-refractivity contribution in [3.8, 4) is 0 Å². The molecule has 0 saturated carbocycles. The highest BCUT2D eigenvalue weighted by Crippen LogP contribution is 2.16. The van der Waals surface area contributed by atoms with Crippen molar-refractivity contribution in [3.05, 3.63) is 34.4 Å². The molecule has 1 aliphatic heterocycles. The van der Waals surface area contributed by atoms with Crippen molar-refractivity contribution in [2.75, 3.05) is 18.5 Å². The number of non-ortho nitro benzene ring substituents is 1. The Labute approximate surface area is 122 Å². The van der Waals surface area contributed by atoms with Crippen molar-refractivity contribution in [2.45, 2.75) is 25.4 Å². The summed E-state index contributed by atoms with van der Waals surface area (Å²) < 4.78 is 5.52. The number of rotatable bonds is 5. The quantitative estimate of drug-likeness (QED) is 0.493. The lowest BCUT2D eigenvalue weighted by molar-refractivity contribution is -0.384. The van der Waals surface area contributed by atoms with Crippen LogP contribution in [0.1, 0.15) is 19.3 Å². The predicted octanol–water partition coefficient (Wildman–Crippen LogP) is 2.45. The number of nitrogens with zero attached hydrogens (tertiary/aromatic N) is 1. The summed E-state index contributed by atoms with van der Waals surface area (Å²) >= 11 is 5.16. The van der Waals surface area contributed by atoms with E-state index in [4.69, 9.17) is 17.0 Å². The van der Waals surface area contributed by atoms with Gasteiger partial charge in [0.15, 0.2) is 5.11 Å². The summed E-state index contributed by atoms with van der Waals surface area (Å²) in [5.41, 5.74) is 0.790. The Bertz CT molecular complexity index is 472. The van der Waals surface area contributed by atoms with Crippen molar-refractivity contribution in [1.82, 2.24) is 5.32 Å². The smallest absolute Gasteiger partial charge is 0.269 e. The minimum absolute atomic E-state index is 0.0628. The highest BCUT2D eigenvalue weighted by atomic mass is 32.1. The molecule has 2 rings (SSSR count). The zero-order chi connectivity index (χ0) is 14.4. The number of anilines is 1. The molecule has 0 bridgehead atoms. The van der Waals surface area contributed by atoms with Crippen LogP contribution in [0.3, 0.4) is 0 Å². The van der Waals surface area contributed by atoms with E-state index in [0.29, 0.717) is 11.2 Å². The molecule has 0 radical (unpaired) electrons. The molecule has 1 heterocycles. The zero-order valence-corrected chi connectivity index (χ0v) is 11.8. The van der Waals surface area contributed by atoms with Crippen molar-refractivity contribution in [2.24, 2.45) is 0 Å². The van der Waals surface area contributed by atoms with Crippen LogP contribution >= 0.6 is 12.2 Å². The number of nitro benzene ring substituents is 1. The van der Waals surface area contributed by atoms with Crippen LogP contribution in [0.5, 0.6) is 0 Å². The molecule has 1 aliphatic rings. The van der Waals surface area contributed by atoms with Gasteiger partial charge in [-0.25, -0.2) is 0 Å². The van der Waals surface area contributed by atoms with Crippen LogP contribution < -0.4 is 10.6 Å². The lowest BCUT2D eigenvalue weighted by Gasteiger charge is -2.12. The summed E-state index contributed by atoms with van der Waals surface area (Å²) in [4.78, 5) is 10.1. The molecule has 1 saturated heterocycles. The molecule has 0 spiro atoms. The average molecular weight is 295 g/mol. The number of hydrogen-bond donors (Lipinski definition) is 2. The van der Waals surface area contributed by atoms with E-state index in [2.05, 4.69) is 10.6 Å². The highest BCUT2D eigenvalue weighted by Gasteiger charge is 2.14. The van der Waals surface area contributed by atoms with Gasteiger partial charge in [0.1, 0.15) is 0 Å². The topological polar surface area (TPSA) is 76.4 Å². The lowest BCUT2D eigenvalue weighted by atomic mass is 10.2. The van der Waals surface area contributed by atoms with E-state index in [0.717, 1.165) is 38.1 Å². The molecule has 108 valence electrons. The summed E-state index contributed by atoms with van der Waals surface area (Å²) in [7, 11) is 0. The largest absolute Gasteiger partial charge is 0.378 e. The summed E-state index contributed by atoms with van der Waals surface area (Å²) in [6.07, 6.45) is 3.52. The maximum absolute atomic E-state index is 10.5. The number of benzene rings is 1. The molecule has 0 amide bonds. The van der Waals surface area contributed by atoms with Crippen molar-refractivity contribution in [1.29, 1.82) is 0 Å². The van der Waals surface area contributed by atoms with E-state index in [1.807, 2.05) is 0 Å². The van der Waals surface area contributed by atoms with Gasteiger partial charge in [0, 0.05) is 31.0 Å². The first kappa shape index (κ1) is 14.7. The van der Waals surface area contributed by atoms with Gasteiger partial charge in [0.05, 0.1) is 11.0 Å². The molecule has 1 aromatic rings. The van der Waals surface area contributed by atoms with Crippen LogP contribution in [0.2, 0.25) is 0 Å². The fourth-order valence-electron chi connectivity index (χ4n) is 2.06. The lowest BCUT2D eigenvalue weighted by Crippen LogP contribution is -2.30. The minimum atomic E-state index is -0.429. The van der Waals surface area contributed by atoms with E-state index < -0.39 is 4.92 Å². The Hall–Kier alpha value is -1.73. The fourth-order valence-corrected chi connectivity index (χ4v) is 2.28. The second kappa shape index (κ2) is 7.16. The van der Waals surface area contributed by atoms with Crippen LogP contribution in [0.4, 0.5) is 11.4 Å². The molecular formula is C13H17N3O3S. The Balaban J connectivity index is 1.71. The molecule has 1 aromatic carbocycles. The maximum atomic E-state index is 10.5. The third kappa shape index (κ3) is 4.43. The molecule has 0 aliphatic carbocycles. The summed E-state index contributed by atoms with van der Waals surface area (Å²) in [5, 5.41) is 17.1. The molecule has 2 N–H and O–H groups in total. The van der Waals surface area contributed by atoms with Gasteiger partial charge in [-0.1, -0.05) is 0 Å². The van der Waals surface area contributed by atoms with Crippen molar-refractivity contribution in [3.63, 3.8) is 0 Å². The fraction of sp³-hybridized carbons (Fsp3) is 0.462. The second-order valence-electron chi connectivity index (χ2n) is 4.61. The van der Waals surface area contributed by atoms with Gasteiger partial charge >= 0.3 is 0 Å². The third-order valence-corrected chi connectivity index (χ3v) is 3.36. The average Bonchev–Trinajstić information content (AvgIpc) is 2.92. The highest BCUT2D eigenvalue weighted by molar-refractivity contribution is 7.80. The molecule has 7 heteroatoms. The SMILES string of the molecule is O=[N+]([O-])c1ccc(NC(=S)NCCC2CCCO2)cc1. The Morgan fingerprint density at radius 2 is 2.20 bits per heavy atom. The molecule has 1 fully saturated rings. The van der Waals surface area contributed by atoms with Gasteiger partial charge in [-0.2, -0.15) is 0 Å². The maximum Gasteiger partial charge on any atom is 0.269 e. The van der Waals surface area contributed by atoms with Gasteiger partial charge in [-0.3, -0.25) is 10.1 Å². The molecular weight excluding hydrogens is 278 g/mol. The molecule has 20 heavy (non-hydrogen) atoms. The number of hydrogen-bond acceptors (Lipinski definition) is 4. The van der Waals surface area contributed by atoms with Crippen LogP contribution in [0.15, 0.2) is 24.3 Å². The minimum Gasteiger partial charge on any atom is -0.378 e. The van der Waals surface area contributed by atoms with Gasteiger partial charge in [-0.15, -0.1) is 0 Å². The zero-order valence-electron chi connectivity index (χ0n) is 11.0. The van der Waals surface area contributed by atoms with Crippen LogP contribution in [-0.4, -0.2) is 29.3 Å². The van der Waals surface area contributed by atoms with Gasteiger partial charge in [0.2, 0.25) is 0 Å². The van der Waals surface area contributed by atoms with E-state index >= 15 is 0 Å². The van der Waals surface area contributed by atoms with Gasteiger partial charge in [0.25, 0.3) is 5.69 Å².